The van der Waals surface area contributed by atoms with E-state index >= 15 is 0 Å². The zero-order valence-corrected chi connectivity index (χ0v) is 14.5. The van der Waals surface area contributed by atoms with Gasteiger partial charge in [0.1, 0.15) is 6.04 Å². The highest BCUT2D eigenvalue weighted by atomic mass is 16.2. The molecule has 1 aliphatic heterocycles. The molecule has 6 heteroatoms. The fourth-order valence-electron chi connectivity index (χ4n) is 2.77. The number of rotatable bonds is 6. The molecule has 0 unspecified atom stereocenters. The Morgan fingerprint density at radius 3 is 2.38 bits per heavy atom. The number of hydrogen-bond donors (Lipinski definition) is 2. The molecule has 0 aromatic heterocycles. The van der Waals surface area contributed by atoms with E-state index < -0.39 is 6.04 Å². The second kappa shape index (κ2) is 7.95. The van der Waals surface area contributed by atoms with Gasteiger partial charge < -0.3 is 15.5 Å². The van der Waals surface area contributed by atoms with Crippen LogP contribution in [-0.2, 0) is 20.9 Å². The molecule has 0 bridgehead atoms. The average molecular weight is 331 g/mol. The van der Waals surface area contributed by atoms with Crippen LogP contribution in [0.3, 0.4) is 0 Å². The molecule has 0 radical (unpaired) electrons. The molecule has 1 aromatic rings. The van der Waals surface area contributed by atoms with Gasteiger partial charge in [0.2, 0.25) is 17.7 Å². The van der Waals surface area contributed by atoms with Crippen molar-refractivity contribution < 1.29 is 14.4 Å². The summed E-state index contributed by atoms with van der Waals surface area (Å²) < 4.78 is 0. The fourth-order valence-corrected chi connectivity index (χ4v) is 2.77. The molecule has 1 aromatic carbocycles. The zero-order valence-electron chi connectivity index (χ0n) is 14.5. The molecule has 0 saturated carbocycles. The van der Waals surface area contributed by atoms with E-state index in [2.05, 4.69) is 10.6 Å². The van der Waals surface area contributed by atoms with Crippen LogP contribution >= 0.6 is 0 Å². The monoisotopic (exact) mass is 331 g/mol. The maximum absolute atomic E-state index is 12.2. The van der Waals surface area contributed by atoms with E-state index in [0.717, 1.165) is 24.2 Å². The van der Waals surface area contributed by atoms with Gasteiger partial charge in [-0.25, -0.2) is 0 Å². The standard InChI is InChI=1S/C18H25N3O3/c1-12(2)17(20-13(3)22)18(24)19-11-14-6-8-15(9-7-14)21-10-4-5-16(21)23/h6-9,12,17H,4-5,10-11H2,1-3H3,(H,19,24)(H,20,22)/t17-/m0/s1. The topological polar surface area (TPSA) is 78.5 Å². The molecule has 2 rings (SSSR count). The third-order valence-electron chi connectivity index (χ3n) is 4.10. The molecule has 1 heterocycles. The molecular formula is C18H25N3O3. The van der Waals surface area contributed by atoms with Crippen LogP contribution in [0.15, 0.2) is 24.3 Å². The normalized spacial score (nSPS) is 15.5. The lowest BCUT2D eigenvalue weighted by atomic mass is 10.0. The quantitative estimate of drug-likeness (QED) is 0.831. The van der Waals surface area contributed by atoms with Crippen molar-refractivity contribution in [2.24, 2.45) is 5.92 Å². The molecule has 24 heavy (non-hydrogen) atoms. The van der Waals surface area contributed by atoms with Gasteiger partial charge in [-0.3, -0.25) is 14.4 Å². The minimum atomic E-state index is -0.538. The number of anilines is 1. The van der Waals surface area contributed by atoms with Crippen molar-refractivity contribution in [2.45, 2.75) is 46.2 Å². The summed E-state index contributed by atoms with van der Waals surface area (Å²) in [6, 6.07) is 7.08. The first-order valence-electron chi connectivity index (χ1n) is 8.32. The van der Waals surface area contributed by atoms with Gasteiger partial charge >= 0.3 is 0 Å². The van der Waals surface area contributed by atoms with Gasteiger partial charge in [0, 0.05) is 32.1 Å². The van der Waals surface area contributed by atoms with Crippen molar-refractivity contribution in [1.82, 2.24) is 10.6 Å². The van der Waals surface area contributed by atoms with Crippen molar-refractivity contribution in [1.29, 1.82) is 0 Å². The van der Waals surface area contributed by atoms with Crippen molar-refractivity contribution >= 4 is 23.4 Å². The first kappa shape index (κ1) is 18.0. The van der Waals surface area contributed by atoms with Crippen LogP contribution in [0.25, 0.3) is 0 Å². The lowest BCUT2D eigenvalue weighted by molar-refractivity contribution is -0.129. The second-order valence-corrected chi connectivity index (χ2v) is 6.46. The van der Waals surface area contributed by atoms with E-state index in [0.29, 0.717) is 13.0 Å². The summed E-state index contributed by atoms with van der Waals surface area (Å²) in [5.74, 6) is -0.244. The van der Waals surface area contributed by atoms with Gasteiger partial charge in [0.05, 0.1) is 0 Å². The van der Waals surface area contributed by atoms with E-state index in [1.165, 1.54) is 6.92 Å². The Hall–Kier alpha value is -2.37. The van der Waals surface area contributed by atoms with Crippen LogP contribution in [0.1, 0.15) is 39.2 Å². The number of hydrogen-bond acceptors (Lipinski definition) is 3. The van der Waals surface area contributed by atoms with Crippen molar-refractivity contribution in [3.63, 3.8) is 0 Å². The Labute approximate surface area is 142 Å². The SMILES string of the molecule is CC(=O)N[C@H](C(=O)NCc1ccc(N2CCCC2=O)cc1)C(C)C. The minimum Gasteiger partial charge on any atom is -0.350 e. The highest BCUT2D eigenvalue weighted by Crippen LogP contribution is 2.21. The third-order valence-corrected chi connectivity index (χ3v) is 4.10. The number of carbonyl (C=O) groups is 3. The minimum absolute atomic E-state index is 0.0115. The van der Waals surface area contributed by atoms with Gasteiger partial charge in [-0.05, 0) is 30.0 Å². The van der Waals surface area contributed by atoms with Crippen molar-refractivity contribution in [3.05, 3.63) is 29.8 Å². The summed E-state index contributed by atoms with van der Waals surface area (Å²) in [4.78, 5) is 37.0. The van der Waals surface area contributed by atoms with Gasteiger partial charge in [0.25, 0.3) is 0 Å². The van der Waals surface area contributed by atoms with Crippen LogP contribution in [0.5, 0.6) is 0 Å². The molecule has 130 valence electrons. The lowest BCUT2D eigenvalue weighted by Gasteiger charge is -2.21. The Bertz CT molecular complexity index is 610. The maximum atomic E-state index is 12.2. The molecule has 0 aliphatic carbocycles. The summed E-state index contributed by atoms with van der Waals surface area (Å²) >= 11 is 0. The number of carbonyl (C=O) groups excluding carboxylic acids is 3. The second-order valence-electron chi connectivity index (χ2n) is 6.46. The molecule has 1 saturated heterocycles. The van der Waals surface area contributed by atoms with Crippen LogP contribution in [-0.4, -0.2) is 30.3 Å². The summed E-state index contributed by atoms with van der Waals surface area (Å²) in [5, 5.41) is 5.52. The largest absolute Gasteiger partial charge is 0.350 e. The molecule has 6 nitrogen and oxygen atoms in total. The van der Waals surface area contributed by atoms with Gasteiger partial charge in [-0.15, -0.1) is 0 Å². The average Bonchev–Trinajstić information content (AvgIpc) is 2.96. The smallest absolute Gasteiger partial charge is 0.243 e. The van der Waals surface area contributed by atoms with Crippen LogP contribution in [0.4, 0.5) is 5.69 Å². The highest BCUT2D eigenvalue weighted by Gasteiger charge is 2.23. The fraction of sp³-hybridized carbons (Fsp3) is 0.500. The Morgan fingerprint density at radius 2 is 1.88 bits per heavy atom. The van der Waals surface area contributed by atoms with E-state index in [9.17, 15) is 14.4 Å². The van der Waals surface area contributed by atoms with Crippen molar-refractivity contribution in [2.75, 3.05) is 11.4 Å². The molecule has 3 amide bonds. The maximum Gasteiger partial charge on any atom is 0.243 e. The van der Waals surface area contributed by atoms with Crippen LogP contribution < -0.4 is 15.5 Å². The third kappa shape index (κ3) is 4.57. The van der Waals surface area contributed by atoms with E-state index in [1.54, 1.807) is 4.90 Å². The predicted octanol–water partition coefficient (Wildman–Crippen LogP) is 1.59. The van der Waals surface area contributed by atoms with Gasteiger partial charge in [0.15, 0.2) is 0 Å². The first-order valence-corrected chi connectivity index (χ1v) is 8.32. The molecule has 1 aliphatic rings. The summed E-state index contributed by atoms with van der Waals surface area (Å²) in [6.45, 7) is 6.34. The van der Waals surface area contributed by atoms with Gasteiger partial charge in [-0.2, -0.15) is 0 Å². The summed E-state index contributed by atoms with van der Waals surface area (Å²) in [5.41, 5.74) is 1.84. The van der Waals surface area contributed by atoms with Crippen molar-refractivity contribution in [3.8, 4) is 0 Å². The Morgan fingerprint density at radius 1 is 1.21 bits per heavy atom. The number of amides is 3. The molecule has 0 spiro atoms. The van der Waals surface area contributed by atoms with Crippen LogP contribution in [0.2, 0.25) is 0 Å². The lowest BCUT2D eigenvalue weighted by Crippen LogP contribution is -2.48. The number of benzene rings is 1. The number of nitrogens with one attached hydrogen (secondary N) is 2. The summed E-state index contributed by atoms with van der Waals surface area (Å²) in [7, 11) is 0. The molecule has 1 fully saturated rings. The summed E-state index contributed by atoms with van der Waals surface area (Å²) in [6.07, 6.45) is 1.51. The van der Waals surface area contributed by atoms with Crippen LogP contribution in [0, 0.1) is 5.92 Å². The molecule has 1 atom stereocenters. The molecule has 2 N–H and O–H groups in total. The predicted molar refractivity (Wildman–Crippen MR) is 92.3 cm³/mol. The Kier molecular flexibility index (Phi) is 5.95. The number of nitrogens with zero attached hydrogens (tertiary/aromatic N) is 1. The highest BCUT2D eigenvalue weighted by molar-refractivity contribution is 5.95. The van der Waals surface area contributed by atoms with E-state index in [1.807, 2.05) is 38.1 Å². The Balaban J connectivity index is 1.92. The molecular weight excluding hydrogens is 306 g/mol. The first-order chi connectivity index (χ1) is 11.4. The van der Waals surface area contributed by atoms with E-state index in [4.69, 9.17) is 0 Å². The van der Waals surface area contributed by atoms with E-state index in [-0.39, 0.29) is 23.6 Å². The van der Waals surface area contributed by atoms with Gasteiger partial charge in [-0.1, -0.05) is 26.0 Å². The zero-order chi connectivity index (χ0) is 17.7.